The van der Waals surface area contributed by atoms with Gasteiger partial charge in [-0.05, 0) is 26.3 Å². The van der Waals surface area contributed by atoms with E-state index in [1.807, 2.05) is 7.05 Å². The summed E-state index contributed by atoms with van der Waals surface area (Å²) in [6.45, 7) is 4.53. The molecule has 0 aliphatic heterocycles. The van der Waals surface area contributed by atoms with Crippen molar-refractivity contribution in [3.05, 3.63) is 0 Å². The Balaban J connectivity index is 3.53. The third kappa shape index (κ3) is 7.29. The molecule has 0 aromatic carbocycles. The van der Waals surface area contributed by atoms with E-state index in [1.54, 1.807) is 0 Å². The van der Waals surface area contributed by atoms with Crippen LogP contribution >= 0.6 is 11.8 Å². The number of unbranched alkanes of at least 4 members (excludes halogenated alkanes) is 1. The fourth-order valence-corrected chi connectivity index (χ4v) is 2.29. The summed E-state index contributed by atoms with van der Waals surface area (Å²) in [5.41, 5.74) is 0. The fourth-order valence-electron chi connectivity index (χ4n) is 1.16. The predicted molar refractivity (Wildman–Crippen MR) is 67.7 cm³/mol. The minimum Gasteiger partial charge on any atom is -0.316 e. The van der Waals surface area contributed by atoms with Gasteiger partial charge in [-0.15, -0.1) is 12.3 Å². The maximum Gasteiger partial charge on any atom is 0.0155 e. The lowest BCUT2D eigenvalue weighted by Crippen LogP contribution is -2.28. The van der Waals surface area contributed by atoms with Crippen LogP contribution in [0.2, 0.25) is 0 Å². The summed E-state index contributed by atoms with van der Waals surface area (Å²) in [6, 6.07) is 0.627. The standard InChI is InChI=1S/C12H23NS/c1-5-7-8-9-12(13-4)10-14-11(3)6-2/h1,11-13H,6-10H2,2-4H3. The Labute approximate surface area is 93.4 Å². The van der Waals surface area contributed by atoms with E-state index in [-0.39, 0.29) is 0 Å². The van der Waals surface area contributed by atoms with E-state index in [1.165, 1.54) is 18.6 Å². The van der Waals surface area contributed by atoms with Crippen LogP contribution in [0.15, 0.2) is 0 Å². The van der Waals surface area contributed by atoms with Gasteiger partial charge in [-0.1, -0.05) is 13.8 Å². The van der Waals surface area contributed by atoms with Gasteiger partial charge in [0.05, 0.1) is 0 Å². The molecule has 0 heterocycles. The zero-order valence-corrected chi connectivity index (χ0v) is 10.5. The molecule has 2 unspecified atom stereocenters. The SMILES string of the molecule is C#CCCCC(CSC(C)CC)NC. The van der Waals surface area contributed by atoms with Crippen molar-refractivity contribution in [1.82, 2.24) is 5.32 Å². The molecule has 2 atom stereocenters. The first-order valence-electron chi connectivity index (χ1n) is 5.46. The summed E-state index contributed by atoms with van der Waals surface area (Å²) in [7, 11) is 2.04. The van der Waals surface area contributed by atoms with Gasteiger partial charge in [0.15, 0.2) is 0 Å². The molecule has 0 spiro atoms. The highest BCUT2D eigenvalue weighted by Crippen LogP contribution is 2.16. The van der Waals surface area contributed by atoms with Gasteiger partial charge in [0, 0.05) is 23.5 Å². The van der Waals surface area contributed by atoms with E-state index in [2.05, 4.69) is 36.8 Å². The lowest BCUT2D eigenvalue weighted by atomic mass is 10.1. The number of hydrogen-bond donors (Lipinski definition) is 1. The van der Waals surface area contributed by atoms with Crippen molar-refractivity contribution in [3.8, 4) is 12.3 Å². The molecule has 0 saturated carbocycles. The normalized spacial score (nSPS) is 14.7. The van der Waals surface area contributed by atoms with Crippen molar-refractivity contribution < 1.29 is 0 Å². The highest BCUT2D eigenvalue weighted by Gasteiger charge is 2.07. The summed E-state index contributed by atoms with van der Waals surface area (Å²) in [6.07, 6.45) is 9.73. The quantitative estimate of drug-likeness (QED) is 0.491. The van der Waals surface area contributed by atoms with Crippen LogP contribution in [-0.4, -0.2) is 24.1 Å². The number of terminal acetylenes is 1. The minimum atomic E-state index is 0.627. The molecule has 0 bridgehead atoms. The highest BCUT2D eigenvalue weighted by atomic mass is 32.2. The summed E-state index contributed by atoms with van der Waals surface area (Å²) in [5.74, 6) is 3.89. The highest BCUT2D eigenvalue weighted by molar-refractivity contribution is 7.99. The van der Waals surface area contributed by atoms with Crippen LogP contribution in [-0.2, 0) is 0 Å². The molecule has 82 valence electrons. The zero-order valence-electron chi connectivity index (χ0n) is 9.68. The van der Waals surface area contributed by atoms with Crippen molar-refractivity contribution in [2.45, 2.75) is 50.8 Å². The zero-order chi connectivity index (χ0) is 10.8. The van der Waals surface area contributed by atoms with Gasteiger partial charge in [0.25, 0.3) is 0 Å². The maximum atomic E-state index is 5.22. The van der Waals surface area contributed by atoms with Crippen molar-refractivity contribution in [2.75, 3.05) is 12.8 Å². The Kier molecular flexibility index (Phi) is 9.34. The predicted octanol–water partition coefficient (Wildman–Crippen LogP) is 2.91. The average molecular weight is 213 g/mol. The van der Waals surface area contributed by atoms with Crippen LogP contribution in [0.4, 0.5) is 0 Å². The minimum absolute atomic E-state index is 0.627. The molecule has 0 aromatic heterocycles. The summed E-state index contributed by atoms with van der Waals surface area (Å²) in [4.78, 5) is 0. The number of hydrogen-bond acceptors (Lipinski definition) is 2. The van der Waals surface area contributed by atoms with Gasteiger partial charge < -0.3 is 5.32 Å². The van der Waals surface area contributed by atoms with E-state index in [9.17, 15) is 0 Å². The van der Waals surface area contributed by atoms with Crippen molar-refractivity contribution in [3.63, 3.8) is 0 Å². The molecule has 0 saturated heterocycles. The molecule has 0 aromatic rings. The third-order valence-electron chi connectivity index (χ3n) is 2.44. The third-order valence-corrected chi connectivity index (χ3v) is 3.94. The maximum absolute atomic E-state index is 5.22. The van der Waals surface area contributed by atoms with Gasteiger partial charge >= 0.3 is 0 Å². The van der Waals surface area contributed by atoms with Gasteiger partial charge in [-0.25, -0.2) is 0 Å². The Morgan fingerprint density at radius 2 is 2.21 bits per heavy atom. The smallest absolute Gasteiger partial charge is 0.0155 e. The fraction of sp³-hybridized carbons (Fsp3) is 0.833. The van der Waals surface area contributed by atoms with Crippen LogP contribution < -0.4 is 5.32 Å². The Morgan fingerprint density at radius 3 is 2.71 bits per heavy atom. The second-order valence-electron chi connectivity index (χ2n) is 3.63. The van der Waals surface area contributed by atoms with Crippen LogP contribution in [0.1, 0.15) is 39.5 Å². The molecule has 0 aliphatic rings. The van der Waals surface area contributed by atoms with Gasteiger partial charge in [-0.2, -0.15) is 11.8 Å². The molecule has 0 aliphatic carbocycles. The van der Waals surface area contributed by atoms with E-state index >= 15 is 0 Å². The summed E-state index contributed by atoms with van der Waals surface area (Å²) in [5, 5.41) is 4.13. The molecule has 0 fully saturated rings. The average Bonchev–Trinajstić information content (AvgIpc) is 2.22. The van der Waals surface area contributed by atoms with Crippen molar-refractivity contribution in [2.24, 2.45) is 0 Å². The van der Waals surface area contributed by atoms with E-state index in [0.29, 0.717) is 6.04 Å². The van der Waals surface area contributed by atoms with Gasteiger partial charge in [0.1, 0.15) is 0 Å². The molecule has 0 amide bonds. The first-order chi connectivity index (χ1) is 6.74. The van der Waals surface area contributed by atoms with Gasteiger partial charge in [-0.3, -0.25) is 0 Å². The molecular weight excluding hydrogens is 190 g/mol. The van der Waals surface area contributed by atoms with Crippen LogP contribution in [0.3, 0.4) is 0 Å². The molecule has 0 radical (unpaired) electrons. The molecule has 1 N–H and O–H groups in total. The summed E-state index contributed by atoms with van der Waals surface area (Å²) >= 11 is 2.05. The van der Waals surface area contributed by atoms with E-state index < -0.39 is 0 Å². The molecule has 14 heavy (non-hydrogen) atoms. The topological polar surface area (TPSA) is 12.0 Å². The Hall–Kier alpha value is -0.130. The molecule has 0 rings (SSSR count). The van der Waals surface area contributed by atoms with Crippen molar-refractivity contribution >= 4 is 11.8 Å². The Morgan fingerprint density at radius 1 is 1.50 bits per heavy atom. The molecule has 1 nitrogen and oxygen atoms in total. The van der Waals surface area contributed by atoms with Gasteiger partial charge in [0.2, 0.25) is 0 Å². The summed E-state index contributed by atoms with van der Waals surface area (Å²) < 4.78 is 0. The largest absolute Gasteiger partial charge is 0.316 e. The first-order valence-corrected chi connectivity index (χ1v) is 6.51. The lowest BCUT2D eigenvalue weighted by Gasteiger charge is -2.17. The van der Waals surface area contributed by atoms with E-state index in [4.69, 9.17) is 6.42 Å². The van der Waals surface area contributed by atoms with Crippen LogP contribution in [0.25, 0.3) is 0 Å². The molecular formula is C12H23NS. The molecule has 2 heteroatoms. The lowest BCUT2D eigenvalue weighted by molar-refractivity contribution is 0.553. The second kappa shape index (κ2) is 9.43. The van der Waals surface area contributed by atoms with Crippen LogP contribution in [0.5, 0.6) is 0 Å². The number of nitrogens with one attached hydrogen (secondary N) is 1. The number of thioether (sulfide) groups is 1. The van der Waals surface area contributed by atoms with Crippen molar-refractivity contribution in [1.29, 1.82) is 0 Å². The Bertz CT molecular complexity index is 162. The van der Waals surface area contributed by atoms with Crippen LogP contribution in [0, 0.1) is 12.3 Å². The first kappa shape index (κ1) is 13.9. The van der Waals surface area contributed by atoms with E-state index in [0.717, 1.165) is 18.1 Å². The monoisotopic (exact) mass is 213 g/mol. The number of rotatable bonds is 8. The second-order valence-corrected chi connectivity index (χ2v) is 5.11.